The van der Waals surface area contributed by atoms with Crippen molar-refractivity contribution in [2.24, 2.45) is 17.4 Å². The van der Waals surface area contributed by atoms with E-state index >= 15 is 0 Å². The van der Waals surface area contributed by atoms with Crippen molar-refractivity contribution in [2.45, 2.75) is 19.3 Å². The Morgan fingerprint density at radius 1 is 1.14 bits per heavy atom. The highest BCUT2D eigenvalue weighted by atomic mass is 16.4. The largest absolute Gasteiger partial charge is 0.481 e. The van der Waals surface area contributed by atoms with Gasteiger partial charge in [-0.2, -0.15) is 0 Å². The summed E-state index contributed by atoms with van der Waals surface area (Å²) in [4.78, 5) is 47.4. The number of amides is 4. The average molecular weight is 300 g/mol. The van der Waals surface area contributed by atoms with E-state index in [1.165, 1.54) is 4.90 Å². The van der Waals surface area contributed by atoms with Crippen LogP contribution in [0.3, 0.4) is 0 Å². The highest BCUT2D eigenvalue weighted by Crippen LogP contribution is 2.20. The number of carbonyl (C=O) groups excluding carboxylic acids is 3. The first-order valence-corrected chi connectivity index (χ1v) is 6.61. The lowest BCUT2D eigenvalue weighted by atomic mass is 9.95. The zero-order valence-corrected chi connectivity index (χ0v) is 11.7. The highest BCUT2D eigenvalue weighted by Gasteiger charge is 2.29. The van der Waals surface area contributed by atoms with Gasteiger partial charge in [0, 0.05) is 19.5 Å². The Morgan fingerprint density at radius 2 is 1.71 bits per heavy atom. The fourth-order valence-electron chi connectivity index (χ4n) is 2.42. The van der Waals surface area contributed by atoms with E-state index in [4.69, 9.17) is 16.6 Å². The maximum atomic E-state index is 12.3. The van der Waals surface area contributed by atoms with Crippen LogP contribution in [-0.4, -0.2) is 64.9 Å². The lowest BCUT2D eigenvalue weighted by Crippen LogP contribution is -2.52. The number of carbonyl (C=O) groups is 4. The van der Waals surface area contributed by atoms with Gasteiger partial charge in [-0.3, -0.25) is 14.4 Å². The smallest absolute Gasteiger partial charge is 0.320 e. The zero-order chi connectivity index (χ0) is 16.0. The third kappa shape index (κ3) is 5.67. The Labute approximate surface area is 121 Å². The first-order chi connectivity index (χ1) is 9.79. The maximum Gasteiger partial charge on any atom is 0.320 e. The number of piperidine rings is 1. The number of aliphatic carboxylic acids is 1. The molecule has 1 unspecified atom stereocenters. The molecule has 0 aromatic carbocycles. The lowest BCUT2D eigenvalue weighted by Gasteiger charge is -2.35. The first kappa shape index (κ1) is 16.7. The fourth-order valence-corrected chi connectivity index (χ4v) is 2.42. The second-order valence-corrected chi connectivity index (χ2v) is 5.12. The van der Waals surface area contributed by atoms with E-state index in [0.717, 1.165) is 11.3 Å². The molecule has 0 aliphatic carbocycles. The van der Waals surface area contributed by atoms with Crippen LogP contribution in [-0.2, 0) is 14.4 Å². The predicted octanol–water partition coefficient (Wildman–Crippen LogP) is -1.43. The maximum absolute atomic E-state index is 12.3. The van der Waals surface area contributed by atoms with Crippen molar-refractivity contribution in [1.29, 1.82) is 0 Å². The van der Waals surface area contributed by atoms with Gasteiger partial charge in [0.1, 0.15) is 13.1 Å². The summed E-state index contributed by atoms with van der Waals surface area (Å²) in [6.07, 6.45) is 1.38. The number of urea groups is 1. The molecule has 0 radical (unpaired) electrons. The molecule has 1 heterocycles. The van der Waals surface area contributed by atoms with E-state index < -0.39 is 36.9 Å². The molecule has 0 aromatic heterocycles. The van der Waals surface area contributed by atoms with Crippen molar-refractivity contribution in [3.8, 4) is 0 Å². The van der Waals surface area contributed by atoms with E-state index in [1.807, 2.05) is 0 Å². The van der Waals surface area contributed by atoms with Crippen LogP contribution in [0, 0.1) is 5.92 Å². The average Bonchev–Trinajstić information content (AvgIpc) is 2.35. The van der Waals surface area contributed by atoms with Crippen LogP contribution in [0.4, 0.5) is 4.79 Å². The van der Waals surface area contributed by atoms with Crippen molar-refractivity contribution in [1.82, 2.24) is 9.80 Å². The van der Waals surface area contributed by atoms with Gasteiger partial charge in [0.25, 0.3) is 0 Å². The van der Waals surface area contributed by atoms with Crippen molar-refractivity contribution in [3.05, 3.63) is 0 Å². The van der Waals surface area contributed by atoms with Crippen LogP contribution in [0.15, 0.2) is 0 Å². The van der Waals surface area contributed by atoms with Crippen LogP contribution < -0.4 is 11.5 Å². The van der Waals surface area contributed by atoms with Gasteiger partial charge < -0.3 is 26.4 Å². The van der Waals surface area contributed by atoms with Gasteiger partial charge in [-0.25, -0.2) is 4.79 Å². The van der Waals surface area contributed by atoms with Crippen molar-refractivity contribution >= 4 is 23.8 Å². The molecule has 1 saturated heterocycles. The number of likely N-dealkylation sites (tertiary alicyclic amines) is 1. The van der Waals surface area contributed by atoms with Crippen LogP contribution in [0.25, 0.3) is 0 Å². The van der Waals surface area contributed by atoms with E-state index in [0.29, 0.717) is 13.0 Å². The minimum atomic E-state index is -0.916. The summed E-state index contributed by atoms with van der Waals surface area (Å²) >= 11 is 0. The molecule has 1 fully saturated rings. The van der Waals surface area contributed by atoms with Crippen molar-refractivity contribution in [2.75, 3.05) is 26.2 Å². The summed E-state index contributed by atoms with van der Waals surface area (Å²) in [5, 5.41) is 8.80. The topological polar surface area (TPSA) is 147 Å². The number of carboxylic acids is 1. The van der Waals surface area contributed by atoms with Crippen LogP contribution in [0.5, 0.6) is 0 Å². The number of hydrogen-bond acceptors (Lipinski definition) is 4. The Kier molecular flexibility index (Phi) is 5.94. The second-order valence-electron chi connectivity index (χ2n) is 5.12. The van der Waals surface area contributed by atoms with E-state index in [2.05, 4.69) is 0 Å². The Morgan fingerprint density at radius 3 is 2.19 bits per heavy atom. The van der Waals surface area contributed by atoms with Gasteiger partial charge >= 0.3 is 12.0 Å². The minimum Gasteiger partial charge on any atom is -0.481 e. The molecule has 1 atom stereocenters. The summed E-state index contributed by atoms with van der Waals surface area (Å²) < 4.78 is 0. The van der Waals surface area contributed by atoms with Gasteiger partial charge in [0.2, 0.25) is 11.8 Å². The quantitative estimate of drug-likeness (QED) is 0.550. The van der Waals surface area contributed by atoms with Crippen molar-refractivity contribution < 1.29 is 24.3 Å². The molecule has 118 valence electrons. The number of primary amides is 2. The van der Waals surface area contributed by atoms with Gasteiger partial charge in [-0.15, -0.1) is 0 Å². The molecule has 4 amide bonds. The monoisotopic (exact) mass is 300 g/mol. The summed E-state index contributed by atoms with van der Waals surface area (Å²) in [5.41, 5.74) is 10.1. The number of hydrogen-bond donors (Lipinski definition) is 3. The van der Waals surface area contributed by atoms with Crippen LogP contribution >= 0.6 is 0 Å². The third-order valence-corrected chi connectivity index (χ3v) is 3.22. The molecular formula is C12H20N4O5. The van der Waals surface area contributed by atoms with Crippen molar-refractivity contribution in [3.63, 3.8) is 0 Å². The highest BCUT2D eigenvalue weighted by molar-refractivity contribution is 5.87. The van der Waals surface area contributed by atoms with E-state index in [9.17, 15) is 19.2 Å². The standard InChI is InChI=1S/C12H20N4O5/c13-9(17)6-16(7-10(14)18)12(21)15-3-1-2-8(5-15)4-11(19)20/h8H,1-7H2,(H2,13,17)(H2,14,18)(H,19,20). The molecule has 5 N–H and O–H groups in total. The third-order valence-electron chi connectivity index (χ3n) is 3.22. The normalized spacial score (nSPS) is 18.1. The second kappa shape index (κ2) is 7.46. The molecular weight excluding hydrogens is 280 g/mol. The Bertz CT molecular complexity index is 423. The van der Waals surface area contributed by atoms with E-state index in [1.54, 1.807) is 0 Å². The molecule has 0 aromatic rings. The Balaban J connectivity index is 2.70. The molecule has 9 nitrogen and oxygen atoms in total. The number of rotatable bonds is 6. The van der Waals surface area contributed by atoms with E-state index in [-0.39, 0.29) is 18.9 Å². The molecule has 0 bridgehead atoms. The van der Waals surface area contributed by atoms with Crippen LogP contribution in [0.1, 0.15) is 19.3 Å². The van der Waals surface area contributed by atoms with Crippen LogP contribution in [0.2, 0.25) is 0 Å². The first-order valence-electron chi connectivity index (χ1n) is 6.61. The molecule has 0 spiro atoms. The minimum absolute atomic E-state index is 0.0184. The van der Waals surface area contributed by atoms with Gasteiger partial charge in [0.05, 0.1) is 0 Å². The molecule has 0 saturated carbocycles. The Hall–Kier alpha value is -2.32. The molecule has 21 heavy (non-hydrogen) atoms. The molecule has 1 aliphatic rings. The predicted molar refractivity (Wildman–Crippen MR) is 71.9 cm³/mol. The number of nitrogens with two attached hydrogens (primary N) is 2. The van der Waals surface area contributed by atoms with Gasteiger partial charge in [-0.05, 0) is 18.8 Å². The summed E-state index contributed by atoms with van der Waals surface area (Å²) in [6.45, 7) is -0.0775. The summed E-state index contributed by atoms with van der Waals surface area (Å²) in [6, 6.07) is -0.525. The lowest BCUT2D eigenvalue weighted by molar-refractivity contribution is -0.138. The summed E-state index contributed by atoms with van der Waals surface area (Å²) in [7, 11) is 0. The summed E-state index contributed by atoms with van der Waals surface area (Å²) in [5.74, 6) is -2.54. The zero-order valence-electron chi connectivity index (χ0n) is 11.7. The molecule has 1 rings (SSSR count). The van der Waals surface area contributed by atoms with Gasteiger partial charge in [0.15, 0.2) is 0 Å². The molecule has 1 aliphatic heterocycles. The number of nitrogens with zero attached hydrogens (tertiary/aromatic N) is 2. The fraction of sp³-hybridized carbons (Fsp3) is 0.667. The SMILES string of the molecule is NC(=O)CN(CC(N)=O)C(=O)N1CCCC(CC(=O)O)C1. The molecule has 9 heteroatoms. The number of carboxylic acid groups (broad SMARTS) is 1. The van der Waals surface area contributed by atoms with Gasteiger partial charge in [-0.1, -0.05) is 0 Å².